The van der Waals surface area contributed by atoms with E-state index >= 15 is 0 Å². The van der Waals surface area contributed by atoms with Crippen LogP contribution >= 0.6 is 0 Å². The number of rotatable bonds is 1. The molecule has 78 valence electrons. The van der Waals surface area contributed by atoms with Crippen molar-refractivity contribution in [2.75, 3.05) is 16.9 Å². The molecule has 0 spiro atoms. The van der Waals surface area contributed by atoms with Gasteiger partial charge >= 0.3 is 0 Å². The van der Waals surface area contributed by atoms with Crippen LogP contribution in [0.1, 0.15) is 27.7 Å². The summed E-state index contributed by atoms with van der Waals surface area (Å²) in [5.41, 5.74) is 2.58. The average Bonchev–Trinajstić information content (AvgIpc) is 2.64. The molecule has 1 aliphatic heterocycles. The van der Waals surface area contributed by atoms with Gasteiger partial charge in [0.05, 0.1) is 18.0 Å². The molecule has 0 aromatic heterocycles. The largest absolute Gasteiger partial charge is 0.366 e. The highest BCUT2D eigenvalue weighted by molar-refractivity contribution is 5.74. The van der Waals surface area contributed by atoms with Crippen molar-refractivity contribution in [1.82, 2.24) is 0 Å². The van der Waals surface area contributed by atoms with Crippen LogP contribution in [0.5, 0.6) is 0 Å². The van der Waals surface area contributed by atoms with Crippen LogP contribution in [0.25, 0.3) is 0 Å². The second-order valence-electron chi connectivity index (χ2n) is 3.42. The highest BCUT2D eigenvalue weighted by atomic mass is 15.3. The van der Waals surface area contributed by atoms with Crippen LogP contribution in [-0.4, -0.2) is 12.7 Å². The Hall–Kier alpha value is -1.18. The Bertz CT molecular complexity index is 281. The van der Waals surface area contributed by atoms with Gasteiger partial charge in [0.15, 0.2) is 0 Å². The quantitative estimate of drug-likeness (QED) is 0.734. The van der Waals surface area contributed by atoms with E-state index in [0.29, 0.717) is 6.04 Å². The topological polar surface area (TPSA) is 15.3 Å². The summed E-state index contributed by atoms with van der Waals surface area (Å²) in [4.78, 5) is 2.36. The molecule has 0 fully saturated rings. The second kappa shape index (κ2) is 4.89. The van der Waals surface area contributed by atoms with Gasteiger partial charge in [-0.05, 0) is 26.0 Å². The molecule has 0 aliphatic carbocycles. The zero-order valence-corrected chi connectivity index (χ0v) is 9.54. The Morgan fingerprint density at radius 1 is 1.21 bits per heavy atom. The van der Waals surface area contributed by atoms with Crippen molar-refractivity contribution in [3.63, 3.8) is 0 Å². The minimum absolute atomic E-state index is 0.571. The molecule has 0 bridgehead atoms. The summed E-state index contributed by atoms with van der Waals surface area (Å²) in [6, 6.07) is 9.00. The fourth-order valence-corrected chi connectivity index (χ4v) is 1.59. The SMILES string of the molecule is CC.CC(C)N1CNc2ccccc21. The first-order chi connectivity index (χ1) is 6.79. The minimum atomic E-state index is 0.571. The predicted molar refractivity (Wildman–Crippen MR) is 63.9 cm³/mol. The molecule has 0 saturated heterocycles. The van der Waals surface area contributed by atoms with Gasteiger partial charge in [-0.1, -0.05) is 26.0 Å². The van der Waals surface area contributed by atoms with Crippen LogP contribution in [-0.2, 0) is 0 Å². The number of hydrogen-bond acceptors (Lipinski definition) is 2. The van der Waals surface area contributed by atoms with E-state index in [4.69, 9.17) is 0 Å². The fourth-order valence-electron chi connectivity index (χ4n) is 1.59. The van der Waals surface area contributed by atoms with E-state index in [-0.39, 0.29) is 0 Å². The molecule has 1 N–H and O–H groups in total. The molecule has 0 unspecified atom stereocenters. The zero-order chi connectivity index (χ0) is 10.6. The van der Waals surface area contributed by atoms with E-state index in [1.54, 1.807) is 0 Å². The van der Waals surface area contributed by atoms with Crippen LogP contribution in [0, 0.1) is 0 Å². The third kappa shape index (κ3) is 2.00. The van der Waals surface area contributed by atoms with Crippen LogP contribution in [0.2, 0.25) is 0 Å². The number of para-hydroxylation sites is 2. The summed E-state index contributed by atoms with van der Waals surface area (Å²) in [6.07, 6.45) is 0. The number of anilines is 2. The molecule has 0 saturated carbocycles. The molecule has 2 rings (SSSR count). The zero-order valence-electron chi connectivity index (χ0n) is 9.54. The summed E-state index contributed by atoms with van der Waals surface area (Å²) in [5, 5.41) is 3.36. The summed E-state index contributed by atoms with van der Waals surface area (Å²) in [6.45, 7) is 9.37. The molecule has 2 heteroatoms. The lowest BCUT2D eigenvalue weighted by Crippen LogP contribution is -2.29. The molecule has 1 aromatic rings. The molecule has 2 nitrogen and oxygen atoms in total. The second-order valence-corrected chi connectivity index (χ2v) is 3.42. The third-order valence-corrected chi connectivity index (χ3v) is 2.28. The maximum atomic E-state index is 3.36. The number of nitrogens with one attached hydrogen (secondary N) is 1. The van der Waals surface area contributed by atoms with Gasteiger partial charge in [0.25, 0.3) is 0 Å². The minimum Gasteiger partial charge on any atom is -0.366 e. The van der Waals surface area contributed by atoms with Crippen molar-refractivity contribution in [3.05, 3.63) is 24.3 Å². The van der Waals surface area contributed by atoms with Crippen molar-refractivity contribution < 1.29 is 0 Å². The van der Waals surface area contributed by atoms with Crippen molar-refractivity contribution >= 4 is 11.4 Å². The van der Waals surface area contributed by atoms with E-state index in [9.17, 15) is 0 Å². The van der Waals surface area contributed by atoms with Crippen LogP contribution < -0.4 is 10.2 Å². The van der Waals surface area contributed by atoms with Crippen LogP contribution in [0.3, 0.4) is 0 Å². The summed E-state index contributed by atoms with van der Waals surface area (Å²) in [5.74, 6) is 0. The maximum absolute atomic E-state index is 3.36. The van der Waals surface area contributed by atoms with Gasteiger partial charge in [0.2, 0.25) is 0 Å². The molecule has 14 heavy (non-hydrogen) atoms. The molecule has 1 heterocycles. The van der Waals surface area contributed by atoms with Crippen molar-refractivity contribution in [1.29, 1.82) is 0 Å². The van der Waals surface area contributed by atoms with Gasteiger partial charge < -0.3 is 10.2 Å². The summed E-state index contributed by atoms with van der Waals surface area (Å²) >= 11 is 0. The Morgan fingerprint density at radius 3 is 2.50 bits per heavy atom. The molecule has 0 atom stereocenters. The van der Waals surface area contributed by atoms with Crippen molar-refractivity contribution in [2.45, 2.75) is 33.7 Å². The average molecular weight is 192 g/mol. The maximum Gasteiger partial charge on any atom is 0.0880 e. The first-order valence-electron chi connectivity index (χ1n) is 5.38. The first kappa shape index (κ1) is 10.9. The third-order valence-electron chi connectivity index (χ3n) is 2.28. The Morgan fingerprint density at radius 2 is 1.86 bits per heavy atom. The summed E-state index contributed by atoms with van der Waals surface area (Å²) < 4.78 is 0. The van der Waals surface area contributed by atoms with Gasteiger partial charge in [0.1, 0.15) is 0 Å². The van der Waals surface area contributed by atoms with Gasteiger partial charge in [-0.2, -0.15) is 0 Å². The van der Waals surface area contributed by atoms with Crippen molar-refractivity contribution in [2.24, 2.45) is 0 Å². The van der Waals surface area contributed by atoms with Crippen LogP contribution in [0.15, 0.2) is 24.3 Å². The molecule has 0 amide bonds. The van der Waals surface area contributed by atoms with E-state index in [1.807, 2.05) is 13.8 Å². The van der Waals surface area contributed by atoms with Crippen molar-refractivity contribution in [3.8, 4) is 0 Å². The van der Waals surface area contributed by atoms with E-state index in [1.165, 1.54) is 11.4 Å². The summed E-state index contributed by atoms with van der Waals surface area (Å²) in [7, 11) is 0. The highest BCUT2D eigenvalue weighted by Gasteiger charge is 2.19. The molecular formula is C12H20N2. The smallest absolute Gasteiger partial charge is 0.0880 e. The first-order valence-corrected chi connectivity index (χ1v) is 5.38. The monoisotopic (exact) mass is 192 g/mol. The number of hydrogen-bond donors (Lipinski definition) is 1. The Balaban J connectivity index is 0.000000461. The number of benzene rings is 1. The molecule has 1 aliphatic rings. The van der Waals surface area contributed by atoms with E-state index in [0.717, 1.165) is 6.67 Å². The van der Waals surface area contributed by atoms with Gasteiger partial charge in [-0.25, -0.2) is 0 Å². The number of nitrogens with zero attached hydrogens (tertiary/aromatic N) is 1. The fraction of sp³-hybridized carbons (Fsp3) is 0.500. The van der Waals surface area contributed by atoms with Gasteiger partial charge in [0, 0.05) is 6.04 Å². The normalized spacial score (nSPS) is 13.1. The Labute approximate surface area is 86.9 Å². The van der Waals surface area contributed by atoms with Gasteiger partial charge in [-0.15, -0.1) is 0 Å². The lowest BCUT2D eigenvalue weighted by atomic mass is 10.2. The predicted octanol–water partition coefficient (Wildman–Crippen LogP) is 3.31. The van der Waals surface area contributed by atoms with Gasteiger partial charge in [-0.3, -0.25) is 0 Å². The highest BCUT2D eigenvalue weighted by Crippen LogP contribution is 2.31. The van der Waals surface area contributed by atoms with Crippen LogP contribution in [0.4, 0.5) is 11.4 Å². The van der Waals surface area contributed by atoms with E-state index < -0.39 is 0 Å². The van der Waals surface area contributed by atoms with E-state index in [2.05, 4.69) is 48.3 Å². The lowest BCUT2D eigenvalue weighted by molar-refractivity contribution is 0.727. The number of fused-ring (bicyclic) bond motifs is 1. The molecular weight excluding hydrogens is 172 g/mol. The molecule has 0 radical (unpaired) electrons. The Kier molecular flexibility index (Phi) is 3.81. The lowest BCUT2D eigenvalue weighted by Gasteiger charge is -2.22. The molecule has 1 aromatic carbocycles. The standard InChI is InChI=1S/C10H14N2.C2H6/c1-8(2)12-7-11-9-5-3-4-6-10(9)12;1-2/h3-6,8,11H,7H2,1-2H3;1-2H3.